The highest BCUT2D eigenvalue weighted by atomic mass is 79.9. The summed E-state index contributed by atoms with van der Waals surface area (Å²) in [4.78, 5) is 12.7. The quantitative estimate of drug-likeness (QED) is 0.643. The molecule has 0 saturated heterocycles. The third-order valence-electron chi connectivity index (χ3n) is 4.61. The number of aromatic nitrogens is 4. The number of hydrogen-bond acceptors (Lipinski definition) is 3. The van der Waals surface area contributed by atoms with Crippen molar-refractivity contribution in [3.63, 3.8) is 0 Å². The molecule has 0 atom stereocenters. The molecule has 7 heteroatoms. The summed E-state index contributed by atoms with van der Waals surface area (Å²) in [5.41, 5.74) is 3.65. The van der Waals surface area contributed by atoms with Crippen LogP contribution in [0.2, 0.25) is 0 Å². The second-order valence-electron chi connectivity index (χ2n) is 6.83. The molecule has 0 aliphatic carbocycles. The van der Waals surface area contributed by atoms with E-state index in [1.165, 1.54) is 0 Å². The lowest BCUT2D eigenvalue weighted by atomic mass is 10.2. The Morgan fingerprint density at radius 1 is 1.26 bits per heavy atom. The number of halogens is 1. The van der Waals surface area contributed by atoms with Crippen molar-refractivity contribution in [1.29, 1.82) is 0 Å². The smallest absolute Gasteiger partial charge is 0.253 e. The Labute approximate surface area is 167 Å². The van der Waals surface area contributed by atoms with Crippen molar-refractivity contribution in [3.8, 4) is 5.69 Å². The fourth-order valence-corrected chi connectivity index (χ4v) is 3.72. The Morgan fingerprint density at radius 2 is 2.00 bits per heavy atom. The Balaban J connectivity index is 1.73. The SMILES string of the molecule is Cc1cc(C(=O)NCCc2nncn2C(C)C)c(C)n1-c1ccccc1Br. The number of carbonyl (C=O) groups is 1. The lowest BCUT2D eigenvalue weighted by Crippen LogP contribution is -2.27. The van der Waals surface area contributed by atoms with Gasteiger partial charge in [-0.25, -0.2) is 0 Å². The van der Waals surface area contributed by atoms with Gasteiger partial charge in [-0.15, -0.1) is 10.2 Å². The van der Waals surface area contributed by atoms with Crippen LogP contribution in [-0.4, -0.2) is 31.8 Å². The Hall–Kier alpha value is -2.41. The molecule has 0 fully saturated rings. The van der Waals surface area contributed by atoms with Crippen molar-refractivity contribution in [2.24, 2.45) is 0 Å². The monoisotopic (exact) mass is 429 g/mol. The Kier molecular flexibility index (Phi) is 5.79. The zero-order chi connectivity index (χ0) is 19.6. The van der Waals surface area contributed by atoms with Gasteiger partial charge in [0.25, 0.3) is 5.91 Å². The first-order chi connectivity index (χ1) is 12.9. The van der Waals surface area contributed by atoms with E-state index in [4.69, 9.17) is 0 Å². The summed E-state index contributed by atoms with van der Waals surface area (Å²) < 4.78 is 5.10. The molecular weight excluding hydrogens is 406 g/mol. The van der Waals surface area contributed by atoms with Crippen LogP contribution in [0.3, 0.4) is 0 Å². The van der Waals surface area contributed by atoms with Crippen molar-refractivity contribution >= 4 is 21.8 Å². The lowest BCUT2D eigenvalue weighted by Gasteiger charge is -2.12. The predicted octanol–water partition coefficient (Wildman–Crippen LogP) is 4.00. The minimum atomic E-state index is -0.0722. The predicted molar refractivity (Wildman–Crippen MR) is 109 cm³/mol. The summed E-state index contributed by atoms with van der Waals surface area (Å²) in [5, 5.41) is 11.1. The molecule has 0 unspecified atom stereocenters. The molecule has 6 nitrogen and oxygen atoms in total. The molecule has 3 rings (SSSR count). The molecule has 2 aromatic heterocycles. The minimum Gasteiger partial charge on any atom is -0.352 e. The van der Waals surface area contributed by atoms with Gasteiger partial charge in [0.15, 0.2) is 0 Å². The maximum absolute atomic E-state index is 12.7. The molecule has 3 aromatic rings. The summed E-state index contributed by atoms with van der Waals surface area (Å²) in [5.74, 6) is 0.806. The minimum absolute atomic E-state index is 0.0722. The topological polar surface area (TPSA) is 64.7 Å². The number of para-hydroxylation sites is 1. The van der Waals surface area contributed by atoms with E-state index < -0.39 is 0 Å². The van der Waals surface area contributed by atoms with Crippen molar-refractivity contribution in [2.75, 3.05) is 6.54 Å². The van der Waals surface area contributed by atoms with Gasteiger partial charge >= 0.3 is 0 Å². The molecule has 0 aliphatic rings. The van der Waals surface area contributed by atoms with Crippen molar-refractivity contribution in [3.05, 3.63) is 63.9 Å². The van der Waals surface area contributed by atoms with Gasteiger partial charge in [-0.1, -0.05) is 12.1 Å². The zero-order valence-corrected chi connectivity index (χ0v) is 17.6. The van der Waals surface area contributed by atoms with Crippen LogP contribution in [0.5, 0.6) is 0 Å². The Bertz CT molecular complexity index is 957. The third-order valence-corrected chi connectivity index (χ3v) is 5.28. The molecule has 1 N–H and O–H groups in total. The maximum atomic E-state index is 12.7. The molecule has 1 amide bonds. The van der Waals surface area contributed by atoms with Gasteiger partial charge < -0.3 is 14.5 Å². The van der Waals surface area contributed by atoms with Crippen LogP contribution in [0.15, 0.2) is 41.1 Å². The van der Waals surface area contributed by atoms with Crippen LogP contribution < -0.4 is 5.32 Å². The summed E-state index contributed by atoms with van der Waals surface area (Å²) in [6.07, 6.45) is 2.38. The molecule has 0 saturated carbocycles. The van der Waals surface area contributed by atoms with Crippen LogP contribution in [0, 0.1) is 13.8 Å². The number of rotatable bonds is 6. The van der Waals surface area contributed by atoms with E-state index in [2.05, 4.69) is 49.9 Å². The van der Waals surface area contributed by atoms with Crippen LogP contribution in [-0.2, 0) is 6.42 Å². The van der Waals surface area contributed by atoms with Gasteiger partial charge in [0, 0.05) is 34.9 Å². The van der Waals surface area contributed by atoms with E-state index in [9.17, 15) is 4.79 Å². The van der Waals surface area contributed by atoms with Crippen LogP contribution in [0.1, 0.15) is 47.5 Å². The highest BCUT2D eigenvalue weighted by Gasteiger charge is 2.18. The number of carbonyl (C=O) groups excluding carboxylic acids is 1. The number of aryl methyl sites for hydroxylation is 1. The first kappa shape index (κ1) is 19.4. The molecule has 1 aromatic carbocycles. The van der Waals surface area contributed by atoms with Crippen LogP contribution in [0.4, 0.5) is 0 Å². The highest BCUT2D eigenvalue weighted by molar-refractivity contribution is 9.10. The molecule has 142 valence electrons. The average Bonchev–Trinajstić information content (AvgIpc) is 3.20. The second kappa shape index (κ2) is 8.08. The summed E-state index contributed by atoms with van der Waals surface area (Å²) >= 11 is 3.59. The molecule has 27 heavy (non-hydrogen) atoms. The molecular formula is C20H24BrN5O. The molecule has 0 spiro atoms. The molecule has 0 bridgehead atoms. The van der Waals surface area contributed by atoms with E-state index >= 15 is 0 Å². The summed E-state index contributed by atoms with van der Waals surface area (Å²) in [7, 11) is 0. The fourth-order valence-electron chi connectivity index (χ4n) is 3.26. The average molecular weight is 430 g/mol. The second-order valence-corrected chi connectivity index (χ2v) is 7.68. The van der Waals surface area contributed by atoms with Gasteiger partial charge in [0.1, 0.15) is 12.2 Å². The number of hydrogen-bond donors (Lipinski definition) is 1. The number of nitrogens with zero attached hydrogens (tertiary/aromatic N) is 4. The zero-order valence-electron chi connectivity index (χ0n) is 16.0. The van der Waals surface area contributed by atoms with Gasteiger partial charge in [-0.2, -0.15) is 0 Å². The summed E-state index contributed by atoms with van der Waals surface area (Å²) in [6.45, 7) is 8.66. The number of nitrogens with one attached hydrogen (secondary N) is 1. The third kappa shape index (κ3) is 3.98. The number of benzene rings is 1. The summed E-state index contributed by atoms with van der Waals surface area (Å²) in [6, 6.07) is 10.2. The highest BCUT2D eigenvalue weighted by Crippen LogP contribution is 2.26. The molecule has 0 radical (unpaired) electrons. The number of amides is 1. The maximum Gasteiger partial charge on any atom is 0.253 e. The van der Waals surface area contributed by atoms with E-state index in [0.717, 1.165) is 27.4 Å². The van der Waals surface area contributed by atoms with Crippen molar-refractivity contribution < 1.29 is 4.79 Å². The van der Waals surface area contributed by atoms with E-state index in [1.807, 2.05) is 48.7 Å². The fraction of sp³-hybridized carbons (Fsp3) is 0.350. The Morgan fingerprint density at radius 3 is 2.70 bits per heavy atom. The van der Waals surface area contributed by atoms with Crippen molar-refractivity contribution in [1.82, 2.24) is 24.6 Å². The lowest BCUT2D eigenvalue weighted by molar-refractivity contribution is 0.0953. The van der Waals surface area contributed by atoms with Gasteiger partial charge in [0.2, 0.25) is 0 Å². The normalized spacial score (nSPS) is 11.2. The van der Waals surface area contributed by atoms with Gasteiger partial charge in [0.05, 0.1) is 11.3 Å². The van der Waals surface area contributed by atoms with E-state index in [0.29, 0.717) is 24.6 Å². The van der Waals surface area contributed by atoms with Gasteiger partial charge in [-0.3, -0.25) is 4.79 Å². The van der Waals surface area contributed by atoms with Gasteiger partial charge in [-0.05, 0) is 61.8 Å². The standard InChI is InChI=1S/C20H24BrN5O/c1-13(2)25-12-23-24-19(25)9-10-22-20(27)16-11-14(3)26(15(16)4)18-8-6-5-7-17(18)21/h5-8,11-13H,9-10H2,1-4H3,(H,22,27). The molecule has 2 heterocycles. The van der Waals surface area contributed by atoms with E-state index in [-0.39, 0.29) is 5.91 Å². The van der Waals surface area contributed by atoms with Crippen LogP contribution in [0.25, 0.3) is 5.69 Å². The van der Waals surface area contributed by atoms with Crippen LogP contribution >= 0.6 is 15.9 Å². The largest absolute Gasteiger partial charge is 0.352 e. The first-order valence-electron chi connectivity index (χ1n) is 9.00. The molecule has 0 aliphatic heterocycles. The van der Waals surface area contributed by atoms with E-state index in [1.54, 1.807) is 6.33 Å². The van der Waals surface area contributed by atoms with Crippen molar-refractivity contribution in [2.45, 2.75) is 40.2 Å². The first-order valence-corrected chi connectivity index (χ1v) is 9.80.